The van der Waals surface area contributed by atoms with Gasteiger partial charge in [-0.15, -0.1) is 11.3 Å². The molecule has 0 aliphatic heterocycles. The molecule has 0 atom stereocenters. The van der Waals surface area contributed by atoms with Crippen molar-refractivity contribution in [2.24, 2.45) is 0 Å². The lowest BCUT2D eigenvalue weighted by molar-refractivity contribution is 0.820. The first-order chi connectivity index (χ1) is 7.38. The summed E-state index contributed by atoms with van der Waals surface area (Å²) in [5.41, 5.74) is 2.69. The third-order valence-corrected chi connectivity index (χ3v) is 3.20. The maximum Gasteiger partial charge on any atom is 0.0270 e. The molecule has 2 nitrogen and oxygen atoms in total. The number of hydrogen-bond donors (Lipinski definition) is 1. The maximum atomic E-state index is 4.02. The van der Waals surface area contributed by atoms with Crippen molar-refractivity contribution < 1.29 is 0 Å². The van der Waals surface area contributed by atoms with E-state index in [0.29, 0.717) is 0 Å². The highest BCUT2D eigenvalue weighted by atomic mass is 32.1. The molecule has 0 aliphatic carbocycles. The van der Waals surface area contributed by atoms with Gasteiger partial charge in [0.1, 0.15) is 0 Å². The smallest absolute Gasteiger partial charge is 0.0270 e. The number of nitrogens with zero attached hydrogens (tertiary/aromatic N) is 1. The monoisotopic (exact) mass is 218 g/mol. The second-order valence-electron chi connectivity index (χ2n) is 3.48. The molecule has 0 amide bonds. The lowest BCUT2D eigenvalue weighted by atomic mass is 10.1. The molecule has 2 aromatic heterocycles. The normalized spacial score (nSPS) is 10.5. The number of pyridine rings is 1. The van der Waals surface area contributed by atoms with Gasteiger partial charge in [0.15, 0.2) is 0 Å². The fraction of sp³-hybridized carbons (Fsp3) is 0.250. The van der Waals surface area contributed by atoms with Crippen molar-refractivity contribution in [2.75, 3.05) is 7.05 Å². The Morgan fingerprint density at radius 2 is 2.07 bits per heavy atom. The molecule has 0 radical (unpaired) electrons. The summed E-state index contributed by atoms with van der Waals surface area (Å²) in [6.07, 6.45) is 4.70. The number of nitrogens with one attached hydrogen (secondary N) is 1. The minimum atomic E-state index is 0.951. The summed E-state index contributed by atoms with van der Waals surface area (Å²) in [6, 6.07) is 6.40. The van der Waals surface area contributed by atoms with Crippen molar-refractivity contribution in [3.63, 3.8) is 0 Å². The molecule has 0 unspecified atom stereocenters. The van der Waals surface area contributed by atoms with Gasteiger partial charge >= 0.3 is 0 Å². The predicted molar refractivity (Wildman–Crippen MR) is 64.1 cm³/mol. The Hall–Kier alpha value is -1.19. The van der Waals surface area contributed by atoms with Gasteiger partial charge in [-0.2, -0.15) is 0 Å². The van der Waals surface area contributed by atoms with Crippen LogP contribution in [0.25, 0.3) is 0 Å². The Balaban J connectivity index is 2.05. The molecule has 0 aromatic carbocycles. The van der Waals surface area contributed by atoms with Crippen LogP contribution in [-0.2, 0) is 13.0 Å². The molecular weight excluding hydrogens is 204 g/mol. The third kappa shape index (κ3) is 2.88. The van der Waals surface area contributed by atoms with Gasteiger partial charge in [-0.25, -0.2) is 0 Å². The van der Waals surface area contributed by atoms with Crippen LogP contribution < -0.4 is 5.32 Å². The van der Waals surface area contributed by atoms with E-state index in [-0.39, 0.29) is 0 Å². The van der Waals surface area contributed by atoms with E-state index in [1.54, 1.807) is 0 Å². The average molecular weight is 218 g/mol. The second-order valence-corrected chi connectivity index (χ2v) is 4.48. The van der Waals surface area contributed by atoms with Crippen LogP contribution in [0.3, 0.4) is 0 Å². The molecular formula is C12H14N2S. The van der Waals surface area contributed by atoms with Crippen LogP contribution in [0.1, 0.15) is 16.0 Å². The van der Waals surface area contributed by atoms with Crippen LogP contribution in [-0.4, -0.2) is 12.0 Å². The van der Waals surface area contributed by atoms with Gasteiger partial charge < -0.3 is 5.32 Å². The number of hydrogen-bond acceptors (Lipinski definition) is 3. The summed E-state index contributed by atoms with van der Waals surface area (Å²) >= 11 is 1.82. The van der Waals surface area contributed by atoms with Crippen LogP contribution >= 0.6 is 11.3 Å². The zero-order valence-corrected chi connectivity index (χ0v) is 9.55. The molecule has 0 saturated carbocycles. The number of rotatable bonds is 4. The van der Waals surface area contributed by atoms with Crippen molar-refractivity contribution in [3.05, 3.63) is 52.0 Å². The Morgan fingerprint density at radius 3 is 2.80 bits per heavy atom. The number of aromatic nitrogens is 1. The van der Waals surface area contributed by atoms with E-state index >= 15 is 0 Å². The van der Waals surface area contributed by atoms with Gasteiger partial charge in [-0.05, 0) is 41.8 Å². The summed E-state index contributed by atoms with van der Waals surface area (Å²) in [4.78, 5) is 5.42. The molecule has 78 valence electrons. The van der Waals surface area contributed by atoms with Crippen molar-refractivity contribution in [1.29, 1.82) is 0 Å². The van der Waals surface area contributed by atoms with Crippen LogP contribution in [0.4, 0.5) is 0 Å². The van der Waals surface area contributed by atoms with E-state index in [4.69, 9.17) is 0 Å². The van der Waals surface area contributed by atoms with E-state index in [1.165, 1.54) is 16.0 Å². The zero-order valence-electron chi connectivity index (χ0n) is 8.73. The average Bonchev–Trinajstić information content (AvgIpc) is 2.68. The van der Waals surface area contributed by atoms with Crippen LogP contribution in [0.5, 0.6) is 0 Å². The first kappa shape index (κ1) is 10.3. The minimum Gasteiger partial charge on any atom is -0.316 e. The first-order valence-electron chi connectivity index (χ1n) is 4.98. The molecule has 2 heterocycles. The lowest BCUT2D eigenvalue weighted by Gasteiger charge is -1.96. The van der Waals surface area contributed by atoms with E-state index in [2.05, 4.69) is 33.9 Å². The van der Waals surface area contributed by atoms with Crippen molar-refractivity contribution in [2.45, 2.75) is 13.0 Å². The lowest BCUT2D eigenvalue weighted by Crippen LogP contribution is -2.03. The van der Waals surface area contributed by atoms with Crippen molar-refractivity contribution in [3.8, 4) is 0 Å². The molecule has 15 heavy (non-hydrogen) atoms. The molecule has 0 spiro atoms. The van der Waals surface area contributed by atoms with E-state index in [0.717, 1.165) is 13.0 Å². The fourth-order valence-electron chi connectivity index (χ4n) is 1.52. The predicted octanol–water partition coefficient (Wildman–Crippen LogP) is 2.45. The Morgan fingerprint density at radius 1 is 1.27 bits per heavy atom. The van der Waals surface area contributed by atoms with Crippen LogP contribution in [0, 0.1) is 0 Å². The van der Waals surface area contributed by atoms with Gasteiger partial charge in [0.05, 0.1) is 0 Å². The SMILES string of the molecule is CNCc1csc(Cc2ccncc2)c1. The fourth-order valence-corrected chi connectivity index (χ4v) is 2.44. The maximum absolute atomic E-state index is 4.02. The Kier molecular flexibility index (Phi) is 3.48. The highest BCUT2D eigenvalue weighted by Gasteiger charge is 2.00. The molecule has 0 bridgehead atoms. The Labute approximate surface area is 94.0 Å². The highest BCUT2D eigenvalue weighted by Crippen LogP contribution is 2.18. The third-order valence-electron chi connectivity index (χ3n) is 2.22. The summed E-state index contributed by atoms with van der Waals surface area (Å²) in [5.74, 6) is 0. The largest absolute Gasteiger partial charge is 0.316 e. The minimum absolute atomic E-state index is 0.951. The number of thiophene rings is 1. The van der Waals surface area contributed by atoms with Crippen molar-refractivity contribution >= 4 is 11.3 Å². The van der Waals surface area contributed by atoms with Crippen LogP contribution in [0.2, 0.25) is 0 Å². The van der Waals surface area contributed by atoms with E-state index < -0.39 is 0 Å². The van der Waals surface area contributed by atoms with Crippen molar-refractivity contribution in [1.82, 2.24) is 10.3 Å². The van der Waals surface area contributed by atoms with Gasteiger partial charge in [-0.1, -0.05) is 0 Å². The molecule has 2 aromatic rings. The van der Waals surface area contributed by atoms with Crippen LogP contribution in [0.15, 0.2) is 36.0 Å². The van der Waals surface area contributed by atoms with Gasteiger partial charge in [-0.3, -0.25) is 4.98 Å². The second kappa shape index (κ2) is 5.05. The van der Waals surface area contributed by atoms with E-state index in [1.807, 2.05) is 30.8 Å². The summed E-state index contributed by atoms with van der Waals surface area (Å²) in [6.45, 7) is 0.951. The molecule has 1 N–H and O–H groups in total. The summed E-state index contributed by atoms with van der Waals surface area (Å²) < 4.78 is 0. The molecule has 0 aliphatic rings. The summed E-state index contributed by atoms with van der Waals surface area (Å²) in [5, 5.41) is 5.37. The quantitative estimate of drug-likeness (QED) is 0.852. The zero-order chi connectivity index (χ0) is 10.5. The molecule has 2 rings (SSSR count). The van der Waals surface area contributed by atoms with Gasteiger partial charge in [0.2, 0.25) is 0 Å². The first-order valence-corrected chi connectivity index (χ1v) is 5.86. The standard InChI is InChI=1S/C12H14N2S/c1-13-8-11-7-12(15-9-11)6-10-2-4-14-5-3-10/h2-5,7,9,13H,6,8H2,1H3. The molecule has 0 fully saturated rings. The molecule has 0 saturated heterocycles. The highest BCUT2D eigenvalue weighted by molar-refractivity contribution is 7.10. The van der Waals surface area contributed by atoms with Gasteiger partial charge in [0.25, 0.3) is 0 Å². The van der Waals surface area contributed by atoms with E-state index in [9.17, 15) is 0 Å². The Bertz CT molecular complexity index is 409. The molecule has 3 heteroatoms. The van der Waals surface area contributed by atoms with Gasteiger partial charge in [0, 0.05) is 30.2 Å². The topological polar surface area (TPSA) is 24.9 Å². The summed E-state index contributed by atoms with van der Waals surface area (Å²) in [7, 11) is 1.97.